The Balaban J connectivity index is 1.95. The third-order valence-electron chi connectivity index (χ3n) is 5.77. The van der Waals surface area contributed by atoms with Crippen LogP contribution in [0.3, 0.4) is 0 Å². The molecule has 24 heavy (non-hydrogen) atoms. The van der Waals surface area contributed by atoms with Crippen LogP contribution >= 0.6 is 0 Å². The number of ether oxygens (including phenoxy) is 3. The van der Waals surface area contributed by atoms with Crippen molar-refractivity contribution in [3.05, 3.63) is 12.8 Å². The average Bonchev–Trinajstić information content (AvgIpc) is 3.44. The van der Waals surface area contributed by atoms with Crippen LogP contribution < -0.4 is 0 Å². The van der Waals surface area contributed by atoms with Gasteiger partial charge in [0, 0.05) is 6.42 Å². The van der Waals surface area contributed by atoms with E-state index in [1.165, 1.54) is 70.6 Å². The van der Waals surface area contributed by atoms with Crippen LogP contribution in [0.25, 0.3) is 0 Å². The van der Waals surface area contributed by atoms with Crippen LogP contribution in [0, 0.1) is 5.92 Å². The van der Waals surface area contributed by atoms with E-state index in [9.17, 15) is 0 Å². The lowest BCUT2D eigenvalue weighted by Gasteiger charge is -2.43. The molecule has 1 aliphatic carbocycles. The SMILES string of the molecule is C=COCCC(CCCCCCC)(OCC1CO1)C1CCCCC1. The van der Waals surface area contributed by atoms with Gasteiger partial charge < -0.3 is 14.2 Å². The van der Waals surface area contributed by atoms with Crippen LogP contribution in [0.2, 0.25) is 0 Å². The highest BCUT2D eigenvalue weighted by atomic mass is 16.6. The summed E-state index contributed by atoms with van der Waals surface area (Å²) in [5.74, 6) is 0.685. The third kappa shape index (κ3) is 6.76. The maximum Gasteiger partial charge on any atom is 0.104 e. The maximum atomic E-state index is 6.61. The lowest BCUT2D eigenvalue weighted by molar-refractivity contribution is -0.119. The Morgan fingerprint density at radius 3 is 2.50 bits per heavy atom. The monoisotopic (exact) mass is 338 g/mol. The highest BCUT2D eigenvalue weighted by Gasteiger charge is 2.41. The highest BCUT2D eigenvalue weighted by Crippen LogP contribution is 2.41. The molecule has 2 fully saturated rings. The van der Waals surface area contributed by atoms with Crippen molar-refractivity contribution in [3.63, 3.8) is 0 Å². The van der Waals surface area contributed by atoms with Gasteiger partial charge in [-0.1, -0.05) is 64.9 Å². The predicted octanol–water partition coefficient (Wildman–Crippen LogP) is 5.63. The van der Waals surface area contributed by atoms with Crippen molar-refractivity contribution in [3.8, 4) is 0 Å². The molecule has 0 bridgehead atoms. The fourth-order valence-electron chi connectivity index (χ4n) is 4.19. The molecule has 2 atom stereocenters. The van der Waals surface area contributed by atoms with Gasteiger partial charge in [-0.2, -0.15) is 0 Å². The molecule has 0 aromatic rings. The topological polar surface area (TPSA) is 31.0 Å². The van der Waals surface area contributed by atoms with Gasteiger partial charge in [0.25, 0.3) is 0 Å². The number of epoxide rings is 1. The van der Waals surface area contributed by atoms with Crippen LogP contribution in [0.1, 0.15) is 84.0 Å². The standard InChI is InChI=1S/C21H38O3/c1-3-5-6-7-11-14-21(15-16-22-4-2,24-18-20-17-23-20)19-12-9-8-10-13-19/h4,19-20H,2-3,5-18H2,1H3. The zero-order valence-corrected chi connectivity index (χ0v) is 15.8. The summed E-state index contributed by atoms with van der Waals surface area (Å²) >= 11 is 0. The second kappa shape index (κ2) is 11.1. The lowest BCUT2D eigenvalue weighted by Crippen LogP contribution is -2.44. The molecule has 0 radical (unpaired) electrons. The summed E-state index contributed by atoms with van der Waals surface area (Å²) in [4.78, 5) is 0. The zero-order chi connectivity index (χ0) is 17.1. The number of rotatable bonds is 14. The van der Waals surface area contributed by atoms with Crippen molar-refractivity contribution in [2.24, 2.45) is 5.92 Å². The van der Waals surface area contributed by atoms with Crippen molar-refractivity contribution in [2.45, 2.75) is 95.7 Å². The van der Waals surface area contributed by atoms with Gasteiger partial charge in [-0.25, -0.2) is 0 Å². The molecule has 2 aliphatic rings. The summed E-state index contributed by atoms with van der Waals surface area (Å²) in [6.07, 6.45) is 17.4. The highest BCUT2D eigenvalue weighted by molar-refractivity contribution is 4.91. The molecule has 1 saturated heterocycles. The number of unbranched alkanes of at least 4 members (excludes halogenated alkanes) is 4. The molecule has 140 valence electrons. The van der Waals surface area contributed by atoms with Crippen molar-refractivity contribution < 1.29 is 14.2 Å². The Labute approximate surface area is 149 Å². The van der Waals surface area contributed by atoms with Gasteiger partial charge in [0.05, 0.1) is 31.7 Å². The normalized spacial score (nSPS) is 23.6. The molecule has 1 saturated carbocycles. The summed E-state index contributed by atoms with van der Waals surface area (Å²) in [6.45, 7) is 8.33. The van der Waals surface area contributed by atoms with E-state index < -0.39 is 0 Å². The zero-order valence-electron chi connectivity index (χ0n) is 15.8. The summed E-state index contributed by atoms with van der Waals surface area (Å²) < 4.78 is 17.5. The van der Waals surface area contributed by atoms with Gasteiger partial charge in [-0.3, -0.25) is 0 Å². The minimum atomic E-state index is -0.0123. The van der Waals surface area contributed by atoms with Gasteiger partial charge in [-0.05, 0) is 25.2 Å². The number of hydrogen-bond donors (Lipinski definition) is 0. The Morgan fingerprint density at radius 2 is 1.83 bits per heavy atom. The van der Waals surface area contributed by atoms with E-state index in [1.54, 1.807) is 6.26 Å². The van der Waals surface area contributed by atoms with E-state index >= 15 is 0 Å². The molecule has 3 heteroatoms. The Morgan fingerprint density at radius 1 is 1.08 bits per heavy atom. The summed E-state index contributed by atoms with van der Waals surface area (Å²) in [5, 5.41) is 0. The smallest absolute Gasteiger partial charge is 0.104 e. The van der Waals surface area contributed by atoms with Crippen LogP contribution in [-0.2, 0) is 14.2 Å². The molecule has 0 amide bonds. The van der Waals surface area contributed by atoms with E-state index in [0.717, 1.165) is 26.2 Å². The molecule has 1 aliphatic heterocycles. The molecule has 3 nitrogen and oxygen atoms in total. The van der Waals surface area contributed by atoms with E-state index in [1.807, 2.05) is 0 Å². The molecule has 2 rings (SSSR count). The van der Waals surface area contributed by atoms with Gasteiger partial charge in [-0.15, -0.1) is 0 Å². The largest absolute Gasteiger partial charge is 0.502 e. The lowest BCUT2D eigenvalue weighted by atomic mass is 9.72. The van der Waals surface area contributed by atoms with Crippen molar-refractivity contribution in [2.75, 3.05) is 19.8 Å². The first-order valence-electron chi connectivity index (χ1n) is 10.3. The molecule has 2 unspecified atom stereocenters. The van der Waals surface area contributed by atoms with Crippen molar-refractivity contribution in [1.29, 1.82) is 0 Å². The second-order valence-corrected chi connectivity index (χ2v) is 7.62. The Kier molecular flexibility index (Phi) is 9.19. The van der Waals surface area contributed by atoms with Crippen LogP contribution in [0.5, 0.6) is 0 Å². The maximum absolute atomic E-state index is 6.61. The van der Waals surface area contributed by atoms with Gasteiger partial charge in [0.2, 0.25) is 0 Å². The predicted molar refractivity (Wildman–Crippen MR) is 99.1 cm³/mol. The van der Waals surface area contributed by atoms with Crippen molar-refractivity contribution in [1.82, 2.24) is 0 Å². The quantitative estimate of drug-likeness (QED) is 0.233. The Bertz CT molecular complexity index is 334. The molecular formula is C21H38O3. The van der Waals surface area contributed by atoms with E-state index in [0.29, 0.717) is 12.0 Å². The van der Waals surface area contributed by atoms with Crippen LogP contribution in [-0.4, -0.2) is 31.5 Å². The minimum absolute atomic E-state index is 0.0123. The fraction of sp³-hybridized carbons (Fsp3) is 0.905. The molecule has 0 N–H and O–H groups in total. The number of hydrogen-bond acceptors (Lipinski definition) is 3. The molecule has 1 heterocycles. The van der Waals surface area contributed by atoms with Gasteiger partial charge in [0.15, 0.2) is 0 Å². The summed E-state index contributed by atoms with van der Waals surface area (Å²) in [7, 11) is 0. The molecule has 0 aromatic heterocycles. The summed E-state index contributed by atoms with van der Waals surface area (Å²) in [6, 6.07) is 0. The first-order chi connectivity index (χ1) is 11.8. The van der Waals surface area contributed by atoms with Crippen molar-refractivity contribution >= 4 is 0 Å². The van der Waals surface area contributed by atoms with E-state index in [-0.39, 0.29) is 5.60 Å². The molecular weight excluding hydrogens is 300 g/mol. The van der Waals surface area contributed by atoms with Crippen LogP contribution in [0.4, 0.5) is 0 Å². The Hall–Kier alpha value is -0.540. The van der Waals surface area contributed by atoms with E-state index in [4.69, 9.17) is 14.2 Å². The van der Waals surface area contributed by atoms with E-state index in [2.05, 4.69) is 13.5 Å². The van der Waals surface area contributed by atoms with Crippen LogP contribution in [0.15, 0.2) is 12.8 Å². The first kappa shape index (κ1) is 19.8. The third-order valence-corrected chi connectivity index (χ3v) is 5.77. The average molecular weight is 339 g/mol. The fourth-order valence-corrected chi connectivity index (χ4v) is 4.19. The second-order valence-electron chi connectivity index (χ2n) is 7.62. The molecule has 0 spiro atoms. The van der Waals surface area contributed by atoms with Gasteiger partial charge in [0.1, 0.15) is 6.10 Å². The summed E-state index contributed by atoms with van der Waals surface area (Å²) in [5.41, 5.74) is -0.0123. The van der Waals surface area contributed by atoms with Gasteiger partial charge >= 0.3 is 0 Å². The molecule has 0 aromatic carbocycles. The first-order valence-corrected chi connectivity index (χ1v) is 10.3. The minimum Gasteiger partial charge on any atom is -0.502 e.